The van der Waals surface area contributed by atoms with Gasteiger partial charge in [0.25, 0.3) is 0 Å². The zero-order valence-corrected chi connectivity index (χ0v) is 10.2. The standard InChI is InChI=1S/C8H10BrNO3S/c1-3-13-8-7(9)4-6(5-10-8)14(2,11)12/h4-5H,3H2,1-2H3. The first kappa shape index (κ1) is 11.5. The maximum Gasteiger partial charge on any atom is 0.228 e. The molecule has 6 heteroatoms. The van der Waals surface area contributed by atoms with E-state index in [0.717, 1.165) is 6.26 Å². The number of hydrogen-bond acceptors (Lipinski definition) is 4. The fraction of sp³-hybridized carbons (Fsp3) is 0.375. The molecule has 0 saturated carbocycles. The molecule has 0 aliphatic rings. The Balaban J connectivity index is 3.13. The summed E-state index contributed by atoms with van der Waals surface area (Å²) in [5.41, 5.74) is 0. The van der Waals surface area contributed by atoms with Crippen molar-refractivity contribution in [1.82, 2.24) is 4.98 Å². The fourth-order valence-electron chi connectivity index (χ4n) is 0.854. The van der Waals surface area contributed by atoms with E-state index in [9.17, 15) is 8.42 Å². The number of sulfone groups is 1. The van der Waals surface area contributed by atoms with Gasteiger partial charge in [0.2, 0.25) is 5.88 Å². The average molecular weight is 280 g/mol. The molecule has 0 aromatic carbocycles. The van der Waals surface area contributed by atoms with Crippen LogP contribution in [0.15, 0.2) is 21.6 Å². The summed E-state index contributed by atoms with van der Waals surface area (Å²) in [6.45, 7) is 2.32. The van der Waals surface area contributed by atoms with Crippen molar-refractivity contribution in [2.24, 2.45) is 0 Å². The van der Waals surface area contributed by atoms with E-state index in [0.29, 0.717) is 17.0 Å². The Morgan fingerprint density at radius 1 is 1.57 bits per heavy atom. The lowest BCUT2D eigenvalue weighted by Crippen LogP contribution is -2.00. The highest BCUT2D eigenvalue weighted by atomic mass is 79.9. The molecule has 0 fully saturated rings. The molecule has 4 nitrogen and oxygen atoms in total. The Hall–Kier alpha value is -0.620. The summed E-state index contributed by atoms with van der Waals surface area (Å²) in [6.07, 6.45) is 2.42. The van der Waals surface area contributed by atoms with Gasteiger partial charge < -0.3 is 4.74 Å². The van der Waals surface area contributed by atoms with Crippen LogP contribution in [-0.4, -0.2) is 26.3 Å². The Morgan fingerprint density at radius 2 is 2.21 bits per heavy atom. The molecule has 1 aromatic heterocycles. The van der Waals surface area contributed by atoms with Crippen molar-refractivity contribution >= 4 is 25.8 Å². The smallest absolute Gasteiger partial charge is 0.228 e. The van der Waals surface area contributed by atoms with Crippen LogP contribution in [0, 0.1) is 0 Å². The second kappa shape index (κ2) is 4.27. The summed E-state index contributed by atoms with van der Waals surface area (Å²) in [4.78, 5) is 4.06. The predicted octanol–water partition coefficient (Wildman–Crippen LogP) is 1.65. The molecule has 0 aliphatic heterocycles. The van der Waals surface area contributed by atoms with E-state index in [2.05, 4.69) is 20.9 Å². The monoisotopic (exact) mass is 279 g/mol. The van der Waals surface area contributed by atoms with E-state index in [1.807, 2.05) is 6.92 Å². The molecular formula is C8H10BrNO3S. The molecular weight excluding hydrogens is 270 g/mol. The van der Waals surface area contributed by atoms with E-state index < -0.39 is 9.84 Å². The lowest BCUT2D eigenvalue weighted by molar-refractivity contribution is 0.324. The van der Waals surface area contributed by atoms with Gasteiger partial charge in [0.05, 0.1) is 16.0 Å². The van der Waals surface area contributed by atoms with Gasteiger partial charge in [-0.25, -0.2) is 13.4 Å². The number of pyridine rings is 1. The number of nitrogens with zero attached hydrogens (tertiary/aromatic N) is 1. The maximum atomic E-state index is 11.2. The van der Waals surface area contributed by atoms with Gasteiger partial charge in [-0.1, -0.05) is 0 Å². The minimum Gasteiger partial charge on any atom is -0.477 e. The van der Waals surface area contributed by atoms with Crippen LogP contribution in [0.2, 0.25) is 0 Å². The van der Waals surface area contributed by atoms with Gasteiger partial charge in [0.1, 0.15) is 0 Å². The third-order valence-corrected chi connectivity index (χ3v) is 3.14. The van der Waals surface area contributed by atoms with E-state index in [-0.39, 0.29) is 4.90 Å². The normalized spacial score (nSPS) is 11.4. The first-order chi connectivity index (χ1) is 6.45. The Labute approximate surface area is 91.4 Å². The van der Waals surface area contributed by atoms with Gasteiger partial charge in [-0.15, -0.1) is 0 Å². The molecule has 1 rings (SSSR count). The minimum absolute atomic E-state index is 0.174. The minimum atomic E-state index is -3.21. The Bertz CT molecular complexity index is 430. The van der Waals surface area contributed by atoms with Gasteiger partial charge >= 0.3 is 0 Å². The number of rotatable bonds is 3. The van der Waals surface area contributed by atoms with E-state index >= 15 is 0 Å². The van der Waals surface area contributed by atoms with Crippen molar-refractivity contribution in [3.63, 3.8) is 0 Å². The van der Waals surface area contributed by atoms with Gasteiger partial charge in [0, 0.05) is 12.5 Å². The highest BCUT2D eigenvalue weighted by Crippen LogP contribution is 2.24. The second-order valence-electron chi connectivity index (χ2n) is 2.66. The van der Waals surface area contributed by atoms with Crippen LogP contribution in [0.4, 0.5) is 0 Å². The molecule has 0 unspecified atom stereocenters. The summed E-state index contributed by atoms with van der Waals surface area (Å²) >= 11 is 3.19. The van der Waals surface area contributed by atoms with Crippen LogP contribution in [0.25, 0.3) is 0 Å². The van der Waals surface area contributed by atoms with Crippen LogP contribution in [-0.2, 0) is 9.84 Å². The van der Waals surface area contributed by atoms with E-state index in [1.54, 1.807) is 0 Å². The van der Waals surface area contributed by atoms with Gasteiger partial charge in [-0.3, -0.25) is 0 Å². The number of halogens is 1. The lowest BCUT2D eigenvalue weighted by Gasteiger charge is -2.05. The zero-order chi connectivity index (χ0) is 10.8. The molecule has 0 amide bonds. The molecule has 0 saturated heterocycles. The van der Waals surface area contributed by atoms with Crippen LogP contribution in [0.3, 0.4) is 0 Å². The number of aromatic nitrogens is 1. The van der Waals surface area contributed by atoms with Gasteiger partial charge in [-0.05, 0) is 28.9 Å². The largest absolute Gasteiger partial charge is 0.477 e. The number of hydrogen-bond donors (Lipinski definition) is 0. The molecule has 0 bridgehead atoms. The molecule has 0 spiro atoms. The maximum absolute atomic E-state index is 11.2. The number of ether oxygens (including phenoxy) is 1. The summed E-state index contributed by atoms with van der Waals surface area (Å²) in [7, 11) is -3.21. The molecule has 14 heavy (non-hydrogen) atoms. The first-order valence-corrected chi connectivity index (χ1v) is 6.62. The van der Waals surface area contributed by atoms with Crippen molar-refractivity contribution in [3.8, 4) is 5.88 Å². The van der Waals surface area contributed by atoms with Crippen LogP contribution < -0.4 is 4.74 Å². The van der Waals surface area contributed by atoms with Crippen LogP contribution >= 0.6 is 15.9 Å². The van der Waals surface area contributed by atoms with Crippen molar-refractivity contribution in [2.75, 3.05) is 12.9 Å². The topological polar surface area (TPSA) is 56.3 Å². The second-order valence-corrected chi connectivity index (χ2v) is 5.53. The zero-order valence-electron chi connectivity index (χ0n) is 7.82. The van der Waals surface area contributed by atoms with Crippen LogP contribution in [0.5, 0.6) is 5.88 Å². The van der Waals surface area contributed by atoms with Crippen molar-refractivity contribution in [3.05, 3.63) is 16.7 Å². The SMILES string of the molecule is CCOc1ncc(S(C)(=O)=O)cc1Br. The quantitative estimate of drug-likeness (QED) is 0.844. The van der Waals surface area contributed by atoms with Gasteiger partial charge in [-0.2, -0.15) is 0 Å². The lowest BCUT2D eigenvalue weighted by atomic mass is 10.5. The van der Waals surface area contributed by atoms with Crippen molar-refractivity contribution < 1.29 is 13.2 Å². The van der Waals surface area contributed by atoms with E-state index in [1.165, 1.54) is 12.3 Å². The average Bonchev–Trinajstić information content (AvgIpc) is 2.07. The summed E-state index contributed by atoms with van der Waals surface area (Å²) in [6, 6.07) is 1.48. The fourth-order valence-corrected chi connectivity index (χ4v) is 2.04. The first-order valence-electron chi connectivity index (χ1n) is 3.93. The predicted molar refractivity (Wildman–Crippen MR) is 56.2 cm³/mol. The molecule has 0 N–H and O–H groups in total. The molecule has 1 heterocycles. The molecule has 1 aromatic rings. The van der Waals surface area contributed by atoms with Crippen molar-refractivity contribution in [2.45, 2.75) is 11.8 Å². The van der Waals surface area contributed by atoms with Crippen molar-refractivity contribution in [1.29, 1.82) is 0 Å². The Morgan fingerprint density at radius 3 is 2.64 bits per heavy atom. The molecule has 0 atom stereocenters. The van der Waals surface area contributed by atoms with Crippen LogP contribution in [0.1, 0.15) is 6.92 Å². The molecule has 0 aliphatic carbocycles. The third kappa shape index (κ3) is 2.68. The summed E-state index contributed by atoms with van der Waals surface area (Å²) in [5, 5.41) is 0. The Kier molecular flexibility index (Phi) is 3.49. The molecule has 78 valence electrons. The van der Waals surface area contributed by atoms with Gasteiger partial charge in [0.15, 0.2) is 9.84 Å². The third-order valence-electron chi connectivity index (χ3n) is 1.49. The summed E-state index contributed by atoms with van der Waals surface area (Å²) < 4.78 is 28.0. The highest BCUT2D eigenvalue weighted by Gasteiger charge is 2.11. The van der Waals surface area contributed by atoms with E-state index in [4.69, 9.17) is 4.74 Å². The molecule has 0 radical (unpaired) electrons. The summed E-state index contributed by atoms with van der Waals surface area (Å²) in [5.74, 6) is 0.403. The highest BCUT2D eigenvalue weighted by molar-refractivity contribution is 9.10.